The van der Waals surface area contributed by atoms with Crippen molar-refractivity contribution in [3.05, 3.63) is 11.1 Å². The van der Waals surface area contributed by atoms with Crippen LogP contribution in [0.2, 0.25) is 0 Å². The molecule has 112 valence electrons. The molecule has 0 radical (unpaired) electrons. The molecule has 0 amide bonds. The van der Waals surface area contributed by atoms with E-state index in [9.17, 15) is 8.42 Å². The molecule has 8 N–H and O–H groups in total. The molecule has 0 saturated carbocycles. The Hall–Kier alpha value is -1.37. The van der Waals surface area contributed by atoms with Crippen molar-refractivity contribution in [3.8, 4) is 0 Å². The molecular formula is C8H15N7O2S3. The van der Waals surface area contributed by atoms with Crippen molar-refractivity contribution in [3.63, 3.8) is 0 Å². The number of guanidine groups is 1. The van der Waals surface area contributed by atoms with Gasteiger partial charge in [-0.3, -0.25) is 0 Å². The number of nitrogens with two attached hydrogens (primary N) is 4. The zero-order chi connectivity index (χ0) is 16.0. The van der Waals surface area contributed by atoms with Gasteiger partial charge < -0.3 is 17.2 Å². The van der Waals surface area contributed by atoms with E-state index in [4.69, 9.17) is 23.7 Å². The lowest BCUT2D eigenvalue weighted by Crippen LogP contribution is -2.21. The third-order valence-corrected chi connectivity index (χ3v) is 3.86. The average Bonchev–Trinajstić information content (AvgIpc) is 2.61. The maximum absolute atomic E-state index is 10.7. The minimum Gasteiger partial charge on any atom is -0.386 e. The van der Waals surface area contributed by atoms with Crippen LogP contribution in [0.25, 0.3) is 0 Å². The molecule has 9 nitrogen and oxygen atoms in total. The first-order valence-electron chi connectivity index (χ1n) is 5.68. The minimum atomic E-state index is -3.95. The second kappa shape index (κ2) is 7.42. The molecule has 0 fully saturated rings. The fourth-order valence-corrected chi connectivity index (χ4v) is 3.01. The normalized spacial score (nSPS) is 13.1. The summed E-state index contributed by atoms with van der Waals surface area (Å²) in [5.74, 6) is 0.794. The van der Waals surface area contributed by atoms with Gasteiger partial charge in [0.1, 0.15) is 5.84 Å². The number of aliphatic imine (C=N–C) groups is 1. The Balaban J connectivity index is 2.49. The van der Waals surface area contributed by atoms with E-state index in [1.54, 1.807) is 0 Å². The van der Waals surface area contributed by atoms with Crippen LogP contribution in [0.4, 0.5) is 5.13 Å². The van der Waals surface area contributed by atoms with E-state index >= 15 is 0 Å². The van der Waals surface area contributed by atoms with Crippen LogP contribution >= 0.6 is 23.1 Å². The molecule has 0 unspecified atom stereocenters. The fourth-order valence-electron chi connectivity index (χ4n) is 1.04. The first kappa shape index (κ1) is 15.0. The number of nitrogens with zero attached hydrogens (tertiary/aromatic N) is 3. The fraction of sp³-hybridized carbons (Fsp3) is 0.375. The van der Waals surface area contributed by atoms with E-state index in [0.717, 1.165) is 11.3 Å². The summed E-state index contributed by atoms with van der Waals surface area (Å²) in [6.07, 6.45) is 0.263. The summed E-state index contributed by atoms with van der Waals surface area (Å²) in [5, 5.41) is 5.32. The summed E-state index contributed by atoms with van der Waals surface area (Å²) in [4.78, 5) is 7.88. The number of rotatable bonds is 7. The zero-order valence-electron chi connectivity index (χ0n) is 11.3. The van der Waals surface area contributed by atoms with E-state index in [-0.39, 0.29) is 23.6 Å². The van der Waals surface area contributed by atoms with E-state index in [1.807, 2.05) is 0 Å². The number of hydrogen-bond donors (Lipinski definition) is 4. The molecule has 0 aliphatic heterocycles. The highest BCUT2D eigenvalue weighted by atomic mass is 32.2. The van der Waals surface area contributed by atoms with Crippen LogP contribution in [0.3, 0.4) is 0 Å². The smallest absolute Gasteiger partial charge is 0.318 e. The van der Waals surface area contributed by atoms with Gasteiger partial charge in [0.05, 0.1) is 7.06 Å². The quantitative estimate of drug-likeness (QED) is 0.286. The van der Waals surface area contributed by atoms with Crippen LogP contribution in [-0.4, -0.2) is 30.9 Å². The Morgan fingerprint density at radius 1 is 1.50 bits per heavy atom. The van der Waals surface area contributed by atoms with Gasteiger partial charge in [-0.1, -0.05) is 0 Å². The SMILES string of the molecule is [2H]c1sc(N=C(N)N)nc1CSCC/C(N)=N/S(N)(=O)=O. The van der Waals surface area contributed by atoms with Crippen LogP contribution in [0.1, 0.15) is 13.5 Å². The van der Waals surface area contributed by atoms with Crippen molar-refractivity contribution in [2.24, 2.45) is 31.7 Å². The molecule has 20 heavy (non-hydrogen) atoms. The van der Waals surface area contributed by atoms with Gasteiger partial charge in [-0.05, 0) is 0 Å². The lowest BCUT2D eigenvalue weighted by Gasteiger charge is -1.99. The monoisotopic (exact) mass is 338 g/mol. The largest absolute Gasteiger partial charge is 0.386 e. The van der Waals surface area contributed by atoms with Crippen LogP contribution < -0.4 is 22.3 Å². The molecule has 1 rings (SSSR count). The number of thiazole rings is 1. The Morgan fingerprint density at radius 3 is 2.80 bits per heavy atom. The molecule has 1 heterocycles. The maximum atomic E-state index is 10.7. The highest BCUT2D eigenvalue weighted by molar-refractivity contribution is 7.98. The Bertz CT molecular complexity index is 651. The molecule has 0 aromatic carbocycles. The second-order valence-electron chi connectivity index (χ2n) is 3.48. The van der Waals surface area contributed by atoms with Crippen molar-refractivity contribution >= 4 is 50.2 Å². The van der Waals surface area contributed by atoms with Crippen LogP contribution in [0.15, 0.2) is 14.7 Å². The summed E-state index contributed by atoms with van der Waals surface area (Å²) in [6.45, 7) is 0. The molecule has 0 aliphatic carbocycles. The number of amidine groups is 1. The van der Waals surface area contributed by atoms with E-state index in [1.165, 1.54) is 11.8 Å². The van der Waals surface area contributed by atoms with Gasteiger partial charge in [-0.2, -0.15) is 25.2 Å². The molecule has 1 aromatic rings. The number of thioether (sulfide) groups is 1. The van der Waals surface area contributed by atoms with Crippen LogP contribution in [-0.2, 0) is 16.0 Å². The molecule has 1 aromatic heterocycles. The van der Waals surface area contributed by atoms with Crippen LogP contribution in [0, 0.1) is 0 Å². The van der Waals surface area contributed by atoms with Gasteiger partial charge in [-0.25, -0.2) is 10.1 Å². The maximum Gasteiger partial charge on any atom is 0.318 e. The highest BCUT2D eigenvalue weighted by Gasteiger charge is 2.04. The second-order valence-corrected chi connectivity index (χ2v) is 6.57. The Labute approximate surface area is 126 Å². The average molecular weight is 338 g/mol. The standard InChI is InChI=1S/C8H15N7O2S3/c9-6(15-20(12,16)17)1-2-18-3-5-4-19-8(13-5)14-7(10)11/h4H,1-3H2,(H2,9,15)(H2,12,16,17)(H4,10,11,13,14)/i4D. The molecule has 12 heteroatoms. The molecule has 0 spiro atoms. The van der Waals surface area contributed by atoms with Gasteiger partial charge in [0.25, 0.3) is 0 Å². The van der Waals surface area contributed by atoms with Gasteiger partial charge in [0.15, 0.2) is 5.96 Å². The predicted octanol–water partition coefficient (Wildman–Crippen LogP) is -0.768. The Morgan fingerprint density at radius 2 is 2.20 bits per heavy atom. The van der Waals surface area contributed by atoms with Gasteiger partial charge >= 0.3 is 10.2 Å². The molecule has 0 saturated heterocycles. The van der Waals surface area contributed by atoms with Crippen molar-refractivity contribution in [2.45, 2.75) is 12.2 Å². The molecule has 0 aliphatic rings. The van der Waals surface area contributed by atoms with Crippen molar-refractivity contribution in [2.75, 3.05) is 5.75 Å². The lowest BCUT2D eigenvalue weighted by molar-refractivity contribution is 0.599. The topological polar surface area (TPSA) is 176 Å². The number of hydrogen-bond acceptors (Lipinski definition) is 6. The Kier molecular flexibility index (Phi) is 5.58. The van der Waals surface area contributed by atoms with E-state index in [2.05, 4.69) is 14.4 Å². The van der Waals surface area contributed by atoms with E-state index in [0.29, 0.717) is 22.3 Å². The summed E-state index contributed by atoms with van der Waals surface area (Å²) >= 11 is 2.49. The van der Waals surface area contributed by atoms with Gasteiger partial charge in [0, 0.05) is 23.3 Å². The van der Waals surface area contributed by atoms with Gasteiger partial charge in [-0.15, -0.1) is 15.7 Å². The summed E-state index contributed by atoms with van der Waals surface area (Å²) < 4.78 is 32.2. The van der Waals surface area contributed by atoms with Crippen molar-refractivity contribution < 1.29 is 9.79 Å². The molecule has 0 atom stereocenters. The van der Waals surface area contributed by atoms with E-state index < -0.39 is 10.2 Å². The lowest BCUT2D eigenvalue weighted by atomic mass is 10.5. The van der Waals surface area contributed by atoms with Gasteiger partial charge in [0.2, 0.25) is 5.13 Å². The minimum absolute atomic E-state index is 0.0597. The van der Waals surface area contributed by atoms with Crippen LogP contribution in [0.5, 0.6) is 0 Å². The summed E-state index contributed by atoms with van der Waals surface area (Å²) in [5.41, 5.74) is 16.4. The third-order valence-electron chi connectivity index (χ3n) is 1.70. The first-order valence-corrected chi connectivity index (χ1v) is 8.65. The highest BCUT2D eigenvalue weighted by Crippen LogP contribution is 2.21. The zero-order valence-corrected chi connectivity index (χ0v) is 12.8. The predicted molar refractivity (Wildman–Crippen MR) is 83.1 cm³/mol. The van der Waals surface area contributed by atoms with Crippen molar-refractivity contribution in [1.29, 1.82) is 0 Å². The third kappa shape index (κ3) is 7.28. The molecule has 0 bridgehead atoms. The summed E-state index contributed by atoms with van der Waals surface area (Å²) in [7, 11) is -3.95. The molecular weight excluding hydrogens is 322 g/mol. The first-order chi connectivity index (χ1) is 9.67. The number of aromatic nitrogens is 1. The summed E-state index contributed by atoms with van der Waals surface area (Å²) in [6, 6.07) is 0. The van der Waals surface area contributed by atoms with Crippen molar-refractivity contribution in [1.82, 2.24) is 4.98 Å².